The number of carbonyl (C=O) groups excluding carboxylic acids is 1. The standard InChI is InChI=1S/C11H19N3O/c1-5-12-6-9(2)13-7-10(3)14-8-11(4)15/h5,12-14H,1-3,6-8H2,4H3. The van der Waals surface area contributed by atoms with Gasteiger partial charge in [-0.05, 0) is 13.1 Å². The highest BCUT2D eigenvalue weighted by atomic mass is 16.1. The third kappa shape index (κ3) is 8.62. The lowest BCUT2D eigenvalue weighted by Crippen LogP contribution is -2.29. The number of ketones is 1. The Bertz CT molecular complexity index is 259. The van der Waals surface area contributed by atoms with Gasteiger partial charge in [-0.2, -0.15) is 0 Å². The van der Waals surface area contributed by atoms with Crippen molar-refractivity contribution in [2.75, 3.05) is 19.6 Å². The van der Waals surface area contributed by atoms with E-state index in [1.54, 1.807) is 6.20 Å². The van der Waals surface area contributed by atoms with E-state index in [1.807, 2.05) is 0 Å². The van der Waals surface area contributed by atoms with Crippen molar-refractivity contribution in [2.45, 2.75) is 6.92 Å². The minimum Gasteiger partial charge on any atom is -0.386 e. The van der Waals surface area contributed by atoms with Crippen LogP contribution in [0.15, 0.2) is 37.3 Å². The average molecular weight is 209 g/mol. The maximum absolute atomic E-state index is 10.7. The summed E-state index contributed by atoms with van der Waals surface area (Å²) in [6, 6.07) is 0. The molecule has 0 aromatic carbocycles. The monoisotopic (exact) mass is 209 g/mol. The van der Waals surface area contributed by atoms with Gasteiger partial charge in [-0.3, -0.25) is 4.79 Å². The van der Waals surface area contributed by atoms with Gasteiger partial charge in [0.05, 0.1) is 19.6 Å². The molecule has 0 aliphatic heterocycles. The first-order valence-electron chi connectivity index (χ1n) is 4.73. The molecule has 0 atom stereocenters. The van der Waals surface area contributed by atoms with Gasteiger partial charge in [-0.15, -0.1) is 0 Å². The zero-order valence-corrected chi connectivity index (χ0v) is 9.23. The van der Waals surface area contributed by atoms with Crippen LogP contribution in [0.25, 0.3) is 0 Å². The Morgan fingerprint density at radius 2 is 1.67 bits per heavy atom. The average Bonchev–Trinajstić information content (AvgIpc) is 2.20. The quantitative estimate of drug-likeness (QED) is 0.518. The molecule has 0 aromatic heterocycles. The number of hydrogen-bond donors (Lipinski definition) is 3. The number of Topliss-reactive ketones (excluding diaryl/α,β-unsaturated/α-hetero) is 1. The molecule has 0 aliphatic rings. The Hall–Kier alpha value is -1.71. The molecular weight excluding hydrogens is 190 g/mol. The second-order valence-electron chi connectivity index (χ2n) is 3.20. The summed E-state index contributed by atoms with van der Waals surface area (Å²) in [5.41, 5.74) is 1.62. The van der Waals surface area contributed by atoms with E-state index in [4.69, 9.17) is 0 Å². The summed E-state index contributed by atoms with van der Waals surface area (Å²) in [5, 5.41) is 8.89. The van der Waals surface area contributed by atoms with Gasteiger partial charge in [-0.1, -0.05) is 19.7 Å². The summed E-state index contributed by atoms with van der Waals surface area (Å²) < 4.78 is 0. The molecule has 0 amide bonds. The summed E-state index contributed by atoms with van der Waals surface area (Å²) in [7, 11) is 0. The van der Waals surface area contributed by atoms with Gasteiger partial charge < -0.3 is 16.0 Å². The number of hydrogen-bond acceptors (Lipinski definition) is 4. The van der Waals surface area contributed by atoms with Gasteiger partial charge in [0.2, 0.25) is 0 Å². The zero-order valence-electron chi connectivity index (χ0n) is 9.23. The van der Waals surface area contributed by atoms with Crippen molar-refractivity contribution in [3.63, 3.8) is 0 Å². The Balaban J connectivity index is 3.57. The van der Waals surface area contributed by atoms with E-state index in [0.29, 0.717) is 19.6 Å². The van der Waals surface area contributed by atoms with E-state index < -0.39 is 0 Å². The molecule has 0 heterocycles. The van der Waals surface area contributed by atoms with Crippen LogP contribution in [0.5, 0.6) is 0 Å². The highest BCUT2D eigenvalue weighted by Gasteiger charge is 1.96. The van der Waals surface area contributed by atoms with E-state index in [-0.39, 0.29) is 5.78 Å². The Morgan fingerprint density at radius 3 is 2.20 bits per heavy atom. The highest BCUT2D eigenvalue weighted by Crippen LogP contribution is 1.85. The predicted molar refractivity (Wildman–Crippen MR) is 63.2 cm³/mol. The lowest BCUT2D eigenvalue weighted by Gasteiger charge is -2.12. The van der Waals surface area contributed by atoms with Crippen LogP contribution in [0, 0.1) is 0 Å². The molecule has 0 rings (SSSR count). The van der Waals surface area contributed by atoms with Crippen molar-refractivity contribution in [3.8, 4) is 0 Å². The lowest BCUT2D eigenvalue weighted by atomic mass is 10.4. The van der Waals surface area contributed by atoms with E-state index in [2.05, 4.69) is 35.7 Å². The first kappa shape index (κ1) is 13.3. The molecule has 0 unspecified atom stereocenters. The molecule has 0 aliphatic carbocycles. The molecule has 0 bridgehead atoms. The van der Waals surface area contributed by atoms with Crippen molar-refractivity contribution in [2.24, 2.45) is 0 Å². The molecular formula is C11H19N3O. The van der Waals surface area contributed by atoms with Crippen LogP contribution in [0.2, 0.25) is 0 Å². The van der Waals surface area contributed by atoms with Crippen molar-refractivity contribution in [3.05, 3.63) is 37.3 Å². The number of carbonyl (C=O) groups is 1. The first-order valence-corrected chi connectivity index (χ1v) is 4.73. The molecule has 0 radical (unpaired) electrons. The summed E-state index contributed by atoms with van der Waals surface area (Å²) in [6.07, 6.45) is 1.61. The van der Waals surface area contributed by atoms with Crippen LogP contribution < -0.4 is 16.0 Å². The molecule has 4 heteroatoms. The fourth-order valence-corrected chi connectivity index (χ4v) is 0.802. The van der Waals surface area contributed by atoms with Crippen LogP contribution in [-0.2, 0) is 4.79 Å². The van der Waals surface area contributed by atoms with E-state index >= 15 is 0 Å². The van der Waals surface area contributed by atoms with Gasteiger partial charge in [-0.25, -0.2) is 0 Å². The summed E-state index contributed by atoms with van der Waals surface area (Å²) in [5.74, 6) is 0.0864. The summed E-state index contributed by atoms with van der Waals surface area (Å²) >= 11 is 0. The number of rotatable bonds is 9. The Kier molecular flexibility index (Phi) is 6.80. The zero-order chi connectivity index (χ0) is 11.7. The van der Waals surface area contributed by atoms with Gasteiger partial charge in [0, 0.05) is 11.4 Å². The normalized spacial score (nSPS) is 8.87. The first-order chi connectivity index (χ1) is 7.06. The topological polar surface area (TPSA) is 53.2 Å². The lowest BCUT2D eigenvalue weighted by molar-refractivity contribution is -0.116. The molecule has 0 aromatic rings. The highest BCUT2D eigenvalue weighted by molar-refractivity contribution is 5.77. The van der Waals surface area contributed by atoms with Crippen molar-refractivity contribution >= 4 is 5.78 Å². The van der Waals surface area contributed by atoms with E-state index in [0.717, 1.165) is 11.4 Å². The van der Waals surface area contributed by atoms with Crippen molar-refractivity contribution < 1.29 is 4.79 Å². The second-order valence-corrected chi connectivity index (χ2v) is 3.20. The summed E-state index contributed by atoms with van der Waals surface area (Å²) in [6.45, 7) is 14.1. The van der Waals surface area contributed by atoms with Crippen LogP contribution in [-0.4, -0.2) is 25.4 Å². The molecule has 0 fully saturated rings. The van der Waals surface area contributed by atoms with Crippen LogP contribution in [0.3, 0.4) is 0 Å². The van der Waals surface area contributed by atoms with Gasteiger partial charge in [0.25, 0.3) is 0 Å². The maximum atomic E-state index is 10.7. The molecule has 0 spiro atoms. The molecule has 15 heavy (non-hydrogen) atoms. The van der Waals surface area contributed by atoms with Gasteiger partial charge >= 0.3 is 0 Å². The van der Waals surface area contributed by atoms with Crippen LogP contribution in [0.1, 0.15) is 6.92 Å². The third-order valence-electron chi connectivity index (χ3n) is 1.60. The molecule has 0 saturated carbocycles. The molecule has 84 valence electrons. The maximum Gasteiger partial charge on any atom is 0.148 e. The SMILES string of the molecule is C=CNCC(=C)NCC(=C)NCC(C)=O. The Labute approximate surface area is 91.1 Å². The second kappa shape index (κ2) is 7.67. The van der Waals surface area contributed by atoms with Gasteiger partial charge in [0.1, 0.15) is 5.78 Å². The Morgan fingerprint density at radius 1 is 1.13 bits per heavy atom. The largest absolute Gasteiger partial charge is 0.386 e. The molecule has 3 N–H and O–H groups in total. The van der Waals surface area contributed by atoms with Crippen molar-refractivity contribution in [1.29, 1.82) is 0 Å². The van der Waals surface area contributed by atoms with E-state index in [1.165, 1.54) is 6.92 Å². The van der Waals surface area contributed by atoms with Gasteiger partial charge in [0.15, 0.2) is 0 Å². The van der Waals surface area contributed by atoms with Crippen LogP contribution >= 0.6 is 0 Å². The third-order valence-corrected chi connectivity index (χ3v) is 1.60. The predicted octanol–water partition coefficient (Wildman–Crippen LogP) is 0.515. The smallest absolute Gasteiger partial charge is 0.148 e. The minimum atomic E-state index is 0.0864. The summed E-state index contributed by atoms with van der Waals surface area (Å²) in [4.78, 5) is 10.7. The molecule has 4 nitrogen and oxygen atoms in total. The fraction of sp³-hybridized carbons (Fsp3) is 0.364. The van der Waals surface area contributed by atoms with Crippen molar-refractivity contribution in [1.82, 2.24) is 16.0 Å². The minimum absolute atomic E-state index is 0.0864. The van der Waals surface area contributed by atoms with E-state index in [9.17, 15) is 4.79 Å². The van der Waals surface area contributed by atoms with Crippen LogP contribution in [0.4, 0.5) is 0 Å². The molecule has 0 saturated heterocycles. The number of nitrogens with one attached hydrogen (secondary N) is 3. The fourth-order valence-electron chi connectivity index (χ4n) is 0.802.